The maximum absolute atomic E-state index is 12.8. The van der Waals surface area contributed by atoms with Crippen molar-refractivity contribution >= 4 is 11.9 Å². The Hall–Kier alpha value is -2.04. The van der Waals surface area contributed by atoms with Gasteiger partial charge in [0.25, 0.3) is 0 Å². The van der Waals surface area contributed by atoms with Crippen LogP contribution in [-0.2, 0) is 11.2 Å². The molecule has 2 fully saturated rings. The highest BCUT2D eigenvalue weighted by Crippen LogP contribution is 2.23. The Bertz CT molecular complexity index is 555. The molecule has 1 saturated carbocycles. The first-order valence-electron chi connectivity index (χ1n) is 9.13. The zero-order chi connectivity index (χ0) is 16.8. The van der Waals surface area contributed by atoms with Crippen molar-refractivity contribution in [2.45, 2.75) is 57.0 Å². The normalized spacial score (nSPS) is 21.3. The molecule has 0 spiro atoms. The molecule has 1 aliphatic carbocycles. The van der Waals surface area contributed by atoms with Crippen molar-refractivity contribution in [1.29, 1.82) is 0 Å². The van der Waals surface area contributed by atoms with E-state index in [9.17, 15) is 9.59 Å². The van der Waals surface area contributed by atoms with Crippen molar-refractivity contribution < 1.29 is 9.59 Å². The number of rotatable bonds is 5. The van der Waals surface area contributed by atoms with E-state index in [-0.39, 0.29) is 18.0 Å². The van der Waals surface area contributed by atoms with E-state index >= 15 is 0 Å². The Morgan fingerprint density at radius 3 is 2.54 bits per heavy atom. The van der Waals surface area contributed by atoms with Crippen LogP contribution in [0.25, 0.3) is 0 Å². The molecular formula is C19H27N3O2. The van der Waals surface area contributed by atoms with Gasteiger partial charge in [0.05, 0.1) is 0 Å². The third-order valence-electron chi connectivity index (χ3n) is 5.11. The SMILES string of the molecule is O=C1NCC[C@H]1NC(=O)N(CCc1ccccc1)C1CCCCC1. The molecule has 5 heteroatoms. The Balaban J connectivity index is 1.64. The molecule has 1 aromatic rings. The number of carbonyl (C=O) groups is 2. The van der Waals surface area contributed by atoms with Crippen LogP contribution in [0.5, 0.6) is 0 Å². The standard InChI is InChI=1S/C19H27N3O2/c23-18-17(11-13-20-18)21-19(24)22(16-9-5-2-6-10-16)14-12-15-7-3-1-4-8-15/h1,3-4,7-8,16-17H,2,5-6,9-14H2,(H,20,23)(H,21,24)/t17-/m1/s1. The summed E-state index contributed by atoms with van der Waals surface area (Å²) in [6.45, 7) is 1.35. The highest BCUT2D eigenvalue weighted by Gasteiger charge is 2.30. The minimum Gasteiger partial charge on any atom is -0.354 e. The molecule has 1 heterocycles. The van der Waals surface area contributed by atoms with E-state index < -0.39 is 0 Å². The second-order valence-corrected chi connectivity index (χ2v) is 6.80. The minimum atomic E-state index is -0.375. The van der Waals surface area contributed by atoms with Crippen molar-refractivity contribution in [2.75, 3.05) is 13.1 Å². The number of hydrogen-bond acceptors (Lipinski definition) is 2. The topological polar surface area (TPSA) is 61.4 Å². The first-order chi connectivity index (χ1) is 11.7. The molecule has 1 atom stereocenters. The lowest BCUT2D eigenvalue weighted by molar-refractivity contribution is -0.120. The van der Waals surface area contributed by atoms with Gasteiger partial charge in [0.2, 0.25) is 5.91 Å². The van der Waals surface area contributed by atoms with Gasteiger partial charge in [0.15, 0.2) is 0 Å². The summed E-state index contributed by atoms with van der Waals surface area (Å²) in [6.07, 6.45) is 7.30. The van der Waals surface area contributed by atoms with Crippen molar-refractivity contribution in [3.05, 3.63) is 35.9 Å². The molecule has 0 unspecified atom stereocenters. The summed E-state index contributed by atoms with van der Waals surface area (Å²) < 4.78 is 0. The quantitative estimate of drug-likeness (QED) is 0.872. The monoisotopic (exact) mass is 329 g/mol. The predicted octanol–water partition coefficient (Wildman–Crippen LogP) is 2.46. The number of amides is 3. The maximum Gasteiger partial charge on any atom is 0.318 e. The average Bonchev–Trinajstić information content (AvgIpc) is 3.02. The summed E-state index contributed by atoms with van der Waals surface area (Å²) in [6, 6.07) is 10.1. The summed E-state index contributed by atoms with van der Waals surface area (Å²) >= 11 is 0. The molecule has 1 saturated heterocycles. The van der Waals surface area contributed by atoms with Gasteiger partial charge in [-0.2, -0.15) is 0 Å². The van der Waals surface area contributed by atoms with Gasteiger partial charge in [0, 0.05) is 19.1 Å². The third-order valence-corrected chi connectivity index (χ3v) is 5.11. The molecule has 0 aromatic heterocycles. The van der Waals surface area contributed by atoms with Gasteiger partial charge in [-0.3, -0.25) is 4.79 Å². The molecule has 130 valence electrons. The van der Waals surface area contributed by atoms with Crippen LogP contribution in [0.2, 0.25) is 0 Å². The lowest BCUT2D eigenvalue weighted by Gasteiger charge is -2.35. The summed E-state index contributed by atoms with van der Waals surface area (Å²) in [5.74, 6) is -0.0602. The van der Waals surface area contributed by atoms with Crippen molar-refractivity contribution in [3.8, 4) is 0 Å². The van der Waals surface area contributed by atoms with Gasteiger partial charge in [-0.1, -0.05) is 49.6 Å². The Kier molecular flexibility index (Phi) is 5.72. The molecule has 2 N–H and O–H groups in total. The zero-order valence-electron chi connectivity index (χ0n) is 14.2. The van der Waals surface area contributed by atoms with E-state index in [1.165, 1.54) is 24.8 Å². The Labute approximate surface area is 143 Å². The molecule has 0 radical (unpaired) electrons. The molecular weight excluding hydrogens is 302 g/mol. The predicted molar refractivity (Wildman–Crippen MR) is 93.7 cm³/mol. The van der Waals surface area contributed by atoms with Crippen LogP contribution in [0.1, 0.15) is 44.1 Å². The van der Waals surface area contributed by atoms with E-state index in [1.807, 2.05) is 23.1 Å². The van der Waals surface area contributed by atoms with Crippen LogP contribution >= 0.6 is 0 Å². The minimum absolute atomic E-state index is 0.0602. The third kappa shape index (κ3) is 4.28. The molecule has 5 nitrogen and oxygen atoms in total. The number of carbonyl (C=O) groups excluding carboxylic acids is 2. The Morgan fingerprint density at radius 1 is 1.12 bits per heavy atom. The molecule has 1 aromatic carbocycles. The second-order valence-electron chi connectivity index (χ2n) is 6.80. The fourth-order valence-electron chi connectivity index (χ4n) is 3.70. The van der Waals surface area contributed by atoms with Gasteiger partial charge >= 0.3 is 6.03 Å². The van der Waals surface area contributed by atoms with Gasteiger partial charge in [0.1, 0.15) is 6.04 Å². The number of benzene rings is 1. The molecule has 0 bridgehead atoms. The fourth-order valence-corrected chi connectivity index (χ4v) is 3.70. The number of urea groups is 1. The first kappa shape index (κ1) is 16.8. The van der Waals surface area contributed by atoms with Crippen molar-refractivity contribution in [2.24, 2.45) is 0 Å². The van der Waals surface area contributed by atoms with Crippen LogP contribution < -0.4 is 10.6 Å². The number of nitrogens with one attached hydrogen (secondary N) is 2. The maximum atomic E-state index is 12.8. The molecule has 3 rings (SSSR count). The van der Waals surface area contributed by atoms with Gasteiger partial charge in [-0.25, -0.2) is 4.79 Å². The number of nitrogens with zero attached hydrogens (tertiary/aromatic N) is 1. The van der Waals surface area contributed by atoms with Crippen molar-refractivity contribution in [1.82, 2.24) is 15.5 Å². The highest BCUT2D eigenvalue weighted by molar-refractivity contribution is 5.88. The van der Waals surface area contributed by atoms with Crippen LogP contribution in [0, 0.1) is 0 Å². The smallest absolute Gasteiger partial charge is 0.318 e. The fraction of sp³-hybridized carbons (Fsp3) is 0.579. The molecule has 1 aliphatic heterocycles. The van der Waals surface area contributed by atoms with Gasteiger partial charge < -0.3 is 15.5 Å². The summed E-state index contributed by atoms with van der Waals surface area (Å²) in [7, 11) is 0. The van der Waals surface area contributed by atoms with E-state index in [0.717, 1.165) is 19.3 Å². The molecule has 3 amide bonds. The first-order valence-corrected chi connectivity index (χ1v) is 9.13. The van der Waals surface area contributed by atoms with Crippen LogP contribution in [-0.4, -0.2) is 42.0 Å². The van der Waals surface area contributed by atoms with E-state index in [2.05, 4.69) is 22.8 Å². The largest absolute Gasteiger partial charge is 0.354 e. The lowest BCUT2D eigenvalue weighted by Crippen LogP contribution is -2.52. The van der Waals surface area contributed by atoms with Crippen LogP contribution in [0.4, 0.5) is 4.79 Å². The lowest BCUT2D eigenvalue weighted by atomic mass is 9.94. The van der Waals surface area contributed by atoms with E-state index in [4.69, 9.17) is 0 Å². The summed E-state index contributed by atoms with van der Waals surface area (Å²) in [5, 5.41) is 5.72. The summed E-state index contributed by atoms with van der Waals surface area (Å²) in [5.41, 5.74) is 1.24. The van der Waals surface area contributed by atoms with Crippen molar-refractivity contribution in [3.63, 3.8) is 0 Å². The van der Waals surface area contributed by atoms with E-state index in [1.54, 1.807) is 0 Å². The van der Waals surface area contributed by atoms with Crippen LogP contribution in [0.15, 0.2) is 30.3 Å². The second kappa shape index (κ2) is 8.18. The van der Waals surface area contributed by atoms with E-state index in [0.29, 0.717) is 25.6 Å². The molecule has 2 aliphatic rings. The van der Waals surface area contributed by atoms with Gasteiger partial charge in [-0.15, -0.1) is 0 Å². The van der Waals surface area contributed by atoms with Gasteiger partial charge in [-0.05, 0) is 31.2 Å². The highest BCUT2D eigenvalue weighted by atomic mass is 16.2. The Morgan fingerprint density at radius 2 is 1.88 bits per heavy atom. The molecule has 24 heavy (non-hydrogen) atoms. The zero-order valence-corrected chi connectivity index (χ0v) is 14.2. The van der Waals surface area contributed by atoms with Crippen LogP contribution in [0.3, 0.4) is 0 Å². The number of hydrogen-bond donors (Lipinski definition) is 2. The average molecular weight is 329 g/mol. The summed E-state index contributed by atoms with van der Waals surface area (Å²) in [4.78, 5) is 26.5.